The van der Waals surface area contributed by atoms with Crippen molar-refractivity contribution in [1.29, 1.82) is 0 Å². The fourth-order valence-electron chi connectivity index (χ4n) is 2.14. The Morgan fingerprint density at radius 2 is 1.74 bits per heavy atom. The van der Waals surface area contributed by atoms with Crippen LogP contribution in [0.2, 0.25) is 0 Å². The van der Waals surface area contributed by atoms with E-state index in [2.05, 4.69) is 29.2 Å². The summed E-state index contributed by atoms with van der Waals surface area (Å²) in [5.41, 5.74) is 11.2. The standard InChI is InChI=1S/C16H20N2O/c1-18(2)14-8-6-12(7-9-14)15-5-3-4-13(10-11-19)16(15)17/h3-9,19H,10-11,17H2,1-2H3. The van der Waals surface area contributed by atoms with Gasteiger partial charge in [-0.15, -0.1) is 0 Å². The Morgan fingerprint density at radius 1 is 1.05 bits per heavy atom. The quantitative estimate of drug-likeness (QED) is 0.826. The molecule has 2 aromatic carbocycles. The zero-order valence-corrected chi connectivity index (χ0v) is 11.4. The summed E-state index contributed by atoms with van der Waals surface area (Å²) in [6.07, 6.45) is 0.593. The summed E-state index contributed by atoms with van der Waals surface area (Å²) in [6.45, 7) is 0.118. The lowest BCUT2D eigenvalue weighted by molar-refractivity contribution is 0.300. The summed E-state index contributed by atoms with van der Waals surface area (Å²) in [6, 6.07) is 14.3. The molecule has 0 aliphatic heterocycles. The van der Waals surface area contributed by atoms with Crippen LogP contribution in [0, 0.1) is 0 Å². The molecule has 0 atom stereocenters. The third-order valence-corrected chi connectivity index (χ3v) is 3.27. The van der Waals surface area contributed by atoms with Crippen LogP contribution in [0.15, 0.2) is 42.5 Å². The largest absolute Gasteiger partial charge is 0.398 e. The lowest BCUT2D eigenvalue weighted by Crippen LogP contribution is -2.08. The maximum absolute atomic E-state index is 9.04. The summed E-state index contributed by atoms with van der Waals surface area (Å²) < 4.78 is 0. The molecule has 0 aliphatic rings. The molecule has 100 valence electrons. The minimum Gasteiger partial charge on any atom is -0.398 e. The summed E-state index contributed by atoms with van der Waals surface area (Å²) in [4.78, 5) is 2.06. The topological polar surface area (TPSA) is 49.5 Å². The van der Waals surface area contributed by atoms with E-state index < -0.39 is 0 Å². The molecule has 0 aromatic heterocycles. The number of hydrogen-bond donors (Lipinski definition) is 2. The van der Waals surface area contributed by atoms with Gasteiger partial charge in [-0.25, -0.2) is 0 Å². The second-order valence-electron chi connectivity index (χ2n) is 4.79. The van der Waals surface area contributed by atoms with Gasteiger partial charge in [0, 0.05) is 37.6 Å². The predicted molar refractivity (Wildman–Crippen MR) is 81.4 cm³/mol. The van der Waals surface area contributed by atoms with Crippen LogP contribution in [0.3, 0.4) is 0 Å². The van der Waals surface area contributed by atoms with Gasteiger partial charge in [-0.05, 0) is 29.7 Å². The molecule has 0 saturated heterocycles. The Morgan fingerprint density at radius 3 is 2.32 bits per heavy atom. The summed E-state index contributed by atoms with van der Waals surface area (Å²) in [5, 5.41) is 9.04. The van der Waals surface area contributed by atoms with Crippen molar-refractivity contribution in [3.05, 3.63) is 48.0 Å². The molecule has 0 heterocycles. The molecule has 0 fully saturated rings. The zero-order chi connectivity index (χ0) is 13.8. The molecule has 3 nitrogen and oxygen atoms in total. The van der Waals surface area contributed by atoms with E-state index in [-0.39, 0.29) is 6.61 Å². The number of para-hydroxylation sites is 1. The molecule has 0 aliphatic carbocycles. The van der Waals surface area contributed by atoms with Crippen LogP contribution >= 0.6 is 0 Å². The first-order chi connectivity index (χ1) is 9.13. The molecule has 0 radical (unpaired) electrons. The molecule has 2 aromatic rings. The third kappa shape index (κ3) is 2.88. The second-order valence-corrected chi connectivity index (χ2v) is 4.79. The molecule has 0 amide bonds. The van der Waals surface area contributed by atoms with E-state index in [1.807, 2.05) is 32.3 Å². The maximum Gasteiger partial charge on any atom is 0.0472 e. The number of nitrogens with zero attached hydrogens (tertiary/aromatic N) is 1. The minimum atomic E-state index is 0.118. The van der Waals surface area contributed by atoms with Crippen molar-refractivity contribution in [2.75, 3.05) is 31.3 Å². The minimum absolute atomic E-state index is 0.118. The zero-order valence-electron chi connectivity index (χ0n) is 11.4. The first kappa shape index (κ1) is 13.4. The molecule has 0 bridgehead atoms. The van der Waals surface area contributed by atoms with Crippen molar-refractivity contribution in [1.82, 2.24) is 0 Å². The van der Waals surface area contributed by atoms with Gasteiger partial charge < -0.3 is 15.7 Å². The van der Waals surface area contributed by atoms with Crippen LogP contribution in [0.1, 0.15) is 5.56 Å². The molecular formula is C16H20N2O. The van der Waals surface area contributed by atoms with Crippen molar-refractivity contribution in [3.8, 4) is 11.1 Å². The average molecular weight is 256 g/mol. The van der Waals surface area contributed by atoms with Gasteiger partial charge in [0.1, 0.15) is 0 Å². The van der Waals surface area contributed by atoms with Gasteiger partial charge in [0.2, 0.25) is 0 Å². The Balaban J connectivity index is 2.38. The average Bonchev–Trinajstić information content (AvgIpc) is 2.41. The lowest BCUT2D eigenvalue weighted by atomic mass is 9.99. The number of rotatable bonds is 4. The number of aliphatic hydroxyl groups is 1. The van der Waals surface area contributed by atoms with E-state index in [4.69, 9.17) is 10.8 Å². The number of anilines is 2. The van der Waals surface area contributed by atoms with E-state index in [1.54, 1.807) is 0 Å². The van der Waals surface area contributed by atoms with Crippen molar-refractivity contribution >= 4 is 11.4 Å². The van der Waals surface area contributed by atoms with E-state index >= 15 is 0 Å². The second kappa shape index (κ2) is 5.76. The molecule has 2 rings (SSSR count). The summed E-state index contributed by atoms with van der Waals surface area (Å²) in [7, 11) is 4.04. The lowest BCUT2D eigenvalue weighted by Gasteiger charge is -2.14. The highest BCUT2D eigenvalue weighted by atomic mass is 16.2. The molecular weight excluding hydrogens is 236 g/mol. The van der Waals surface area contributed by atoms with Crippen LogP contribution in [-0.2, 0) is 6.42 Å². The number of benzene rings is 2. The summed E-state index contributed by atoms with van der Waals surface area (Å²) in [5.74, 6) is 0. The van der Waals surface area contributed by atoms with Crippen LogP contribution < -0.4 is 10.6 Å². The van der Waals surface area contributed by atoms with Gasteiger partial charge in [0.25, 0.3) is 0 Å². The normalized spacial score (nSPS) is 10.5. The highest BCUT2D eigenvalue weighted by Crippen LogP contribution is 2.30. The predicted octanol–water partition coefficient (Wildman–Crippen LogP) is 2.54. The first-order valence-electron chi connectivity index (χ1n) is 6.39. The van der Waals surface area contributed by atoms with Crippen molar-refractivity contribution in [3.63, 3.8) is 0 Å². The maximum atomic E-state index is 9.04. The molecule has 0 saturated carbocycles. The van der Waals surface area contributed by atoms with Gasteiger partial charge in [0.15, 0.2) is 0 Å². The van der Waals surface area contributed by atoms with Crippen molar-refractivity contribution < 1.29 is 5.11 Å². The Bertz CT molecular complexity index is 547. The van der Waals surface area contributed by atoms with Crippen LogP contribution in [-0.4, -0.2) is 25.8 Å². The van der Waals surface area contributed by atoms with Gasteiger partial charge >= 0.3 is 0 Å². The van der Waals surface area contributed by atoms with Gasteiger partial charge in [-0.3, -0.25) is 0 Å². The fourth-order valence-corrected chi connectivity index (χ4v) is 2.14. The highest BCUT2D eigenvalue weighted by Gasteiger charge is 2.07. The number of nitrogen functional groups attached to an aromatic ring is 1. The van der Waals surface area contributed by atoms with Gasteiger partial charge in [-0.1, -0.05) is 30.3 Å². The number of aliphatic hydroxyl groups excluding tert-OH is 1. The Hall–Kier alpha value is -2.00. The van der Waals surface area contributed by atoms with Crippen molar-refractivity contribution in [2.45, 2.75) is 6.42 Å². The number of hydrogen-bond acceptors (Lipinski definition) is 3. The SMILES string of the molecule is CN(C)c1ccc(-c2cccc(CCO)c2N)cc1. The third-order valence-electron chi connectivity index (χ3n) is 3.27. The van der Waals surface area contributed by atoms with Gasteiger partial charge in [0.05, 0.1) is 0 Å². The molecule has 0 spiro atoms. The molecule has 0 unspecified atom stereocenters. The van der Waals surface area contributed by atoms with Crippen molar-refractivity contribution in [2.24, 2.45) is 0 Å². The Labute approximate surface area is 114 Å². The Kier molecular flexibility index (Phi) is 4.07. The van der Waals surface area contributed by atoms with Gasteiger partial charge in [-0.2, -0.15) is 0 Å². The van der Waals surface area contributed by atoms with Crippen LogP contribution in [0.4, 0.5) is 11.4 Å². The van der Waals surface area contributed by atoms with E-state index in [0.717, 1.165) is 28.1 Å². The van der Waals surface area contributed by atoms with Crippen LogP contribution in [0.25, 0.3) is 11.1 Å². The monoisotopic (exact) mass is 256 g/mol. The van der Waals surface area contributed by atoms with Crippen LogP contribution in [0.5, 0.6) is 0 Å². The highest BCUT2D eigenvalue weighted by molar-refractivity contribution is 5.79. The fraction of sp³-hybridized carbons (Fsp3) is 0.250. The van der Waals surface area contributed by atoms with E-state index in [1.165, 1.54) is 0 Å². The van der Waals surface area contributed by atoms with E-state index in [0.29, 0.717) is 6.42 Å². The first-order valence-corrected chi connectivity index (χ1v) is 6.39. The molecule has 3 N–H and O–H groups in total. The smallest absolute Gasteiger partial charge is 0.0472 e. The molecule has 3 heteroatoms. The number of nitrogens with two attached hydrogens (primary N) is 1. The molecule has 19 heavy (non-hydrogen) atoms. The van der Waals surface area contributed by atoms with E-state index in [9.17, 15) is 0 Å². The summed E-state index contributed by atoms with van der Waals surface area (Å²) >= 11 is 0.